The molecule has 0 spiro atoms. The first-order valence-corrected chi connectivity index (χ1v) is 9.48. The second-order valence-corrected chi connectivity index (χ2v) is 7.86. The second-order valence-electron chi connectivity index (χ2n) is 7.86. The summed E-state index contributed by atoms with van der Waals surface area (Å²) in [5.41, 5.74) is 0.933. The summed E-state index contributed by atoms with van der Waals surface area (Å²) in [7, 11) is 5.35. The Morgan fingerprint density at radius 1 is 1.33 bits per heavy atom. The van der Waals surface area contributed by atoms with Crippen molar-refractivity contribution in [3.05, 3.63) is 23.8 Å². The van der Waals surface area contributed by atoms with Gasteiger partial charge in [0.1, 0.15) is 12.4 Å². The fraction of sp³-hybridized carbons (Fsp3) is 0.600. The minimum absolute atomic E-state index is 0.0193. The van der Waals surface area contributed by atoms with Crippen LogP contribution in [-0.4, -0.2) is 67.8 Å². The highest BCUT2D eigenvalue weighted by Gasteiger charge is 2.36. The molecule has 1 unspecified atom stereocenters. The lowest BCUT2D eigenvalue weighted by Gasteiger charge is -2.37. The maximum absolute atomic E-state index is 12.6. The van der Waals surface area contributed by atoms with Gasteiger partial charge < -0.3 is 25.0 Å². The molecule has 2 aliphatic rings. The van der Waals surface area contributed by atoms with Crippen molar-refractivity contribution in [2.75, 3.05) is 39.3 Å². The van der Waals surface area contributed by atoms with Gasteiger partial charge in [0, 0.05) is 26.7 Å². The summed E-state index contributed by atoms with van der Waals surface area (Å²) in [5, 5.41) is 12.7. The SMILES string of the molecule is CN(C)C(=O)c1ccc2c(c1)N(C)C(CC(=O)NC1(CO)CCCC1)CO2. The third-order valence-corrected chi connectivity index (χ3v) is 5.66. The number of carbonyl (C=O) groups excluding carboxylic acids is 2. The molecule has 1 saturated carbocycles. The van der Waals surface area contributed by atoms with E-state index in [1.165, 1.54) is 4.90 Å². The Morgan fingerprint density at radius 2 is 2.04 bits per heavy atom. The Labute approximate surface area is 160 Å². The number of carbonyl (C=O) groups is 2. The summed E-state index contributed by atoms with van der Waals surface area (Å²) in [5.74, 6) is 0.569. The number of amides is 2. The third-order valence-electron chi connectivity index (χ3n) is 5.66. The van der Waals surface area contributed by atoms with E-state index in [1.54, 1.807) is 26.2 Å². The van der Waals surface area contributed by atoms with Crippen molar-refractivity contribution < 1.29 is 19.4 Å². The van der Waals surface area contributed by atoms with Crippen molar-refractivity contribution in [1.82, 2.24) is 10.2 Å². The zero-order valence-corrected chi connectivity index (χ0v) is 16.3. The van der Waals surface area contributed by atoms with Crippen LogP contribution in [0.25, 0.3) is 0 Å². The summed E-state index contributed by atoms with van der Waals surface area (Å²) < 4.78 is 5.83. The number of aliphatic hydroxyl groups is 1. The van der Waals surface area contributed by atoms with Crippen LogP contribution in [-0.2, 0) is 4.79 Å². The topological polar surface area (TPSA) is 82.1 Å². The summed E-state index contributed by atoms with van der Waals surface area (Å²) in [6, 6.07) is 5.25. The van der Waals surface area contributed by atoms with Crippen LogP contribution in [0.2, 0.25) is 0 Å². The largest absolute Gasteiger partial charge is 0.489 e. The normalized spacial score (nSPS) is 20.6. The quantitative estimate of drug-likeness (QED) is 0.813. The molecule has 1 fully saturated rings. The predicted molar refractivity (Wildman–Crippen MR) is 103 cm³/mol. The highest BCUT2D eigenvalue weighted by atomic mass is 16.5. The molecule has 2 amide bonds. The maximum atomic E-state index is 12.6. The van der Waals surface area contributed by atoms with E-state index >= 15 is 0 Å². The van der Waals surface area contributed by atoms with E-state index in [-0.39, 0.29) is 30.9 Å². The first kappa shape index (κ1) is 19.5. The molecule has 1 aliphatic heterocycles. The molecule has 0 bridgehead atoms. The average Bonchev–Trinajstić information content (AvgIpc) is 3.12. The molecular formula is C20H29N3O4. The Balaban J connectivity index is 1.70. The van der Waals surface area contributed by atoms with Crippen LogP contribution in [0, 0.1) is 0 Å². The fourth-order valence-corrected chi connectivity index (χ4v) is 3.93. The molecule has 0 saturated heterocycles. The van der Waals surface area contributed by atoms with E-state index in [9.17, 15) is 14.7 Å². The molecule has 7 heteroatoms. The monoisotopic (exact) mass is 375 g/mol. The number of anilines is 1. The van der Waals surface area contributed by atoms with Gasteiger partial charge in [-0.05, 0) is 31.0 Å². The molecule has 27 heavy (non-hydrogen) atoms. The number of ether oxygens (including phenoxy) is 1. The van der Waals surface area contributed by atoms with Crippen LogP contribution < -0.4 is 15.0 Å². The molecule has 0 aromatic heterocycles. The van der Waals surface area contributed by atoms with Crippen LogP contribution in [0.5, 0.6) is 5.75 Å². The minimum atomic E-state index is -0.464. The smallest absolute Gasteiger partial charge is 0.253 e. The van der Waals surface area contributed by atoms with Crippen LogP contribution >= 0.6 is 0 Å². The lowest BCUT2D eigenvalue weighted by molar-refractivity contribution is -0.124. The lowest BCUT2D eigenvalue weighted by Crippen LogP contribution is -2.52. The summed E-state index contributed by atoms with van der Waals surface area (Å²) in [6.45, 7) is 0.388. The Hall–Kier alpha value is -2.28. The number of likely N-dealkylation sites (N-methyl/N-ethyl adjacent to an activating group) is 1. The van der Waals surface area contributed by atoms with Crippen LogP contribution in [0.15, 0.2) is 18.2 Å². The van der Waals surface area contributed by atoms with E-state index in [4.69, 9.17) is 4.74 Å². The van der Waals surface area contributed by atoms with Crippen molar-refractivity contribution in [1.29, 1.82) is 0 Å². The molecule has 148 valence electrons. The lowest BCUT2D eigenvalue weighted by atomic mass is 9.98. The van der Waals surface area contributed by atoms with Gasteiger partial charge >= 0.3 is 0 Å². The highest BCUT2D eigenvalue weighted by molar-refractivity contribution is 5.95. The van der Waals surface area contributed by atoms with E-state index in [2.05, 4.69) is 5.32 Å². The molecule has 7 nitrogen and oxygen atoms in total. The molecular weight excluding hydrogens is 346 g/mol. The molecule has 1 aliphatic carbocycles. The van der Waals surface area contributed by atoms with Crippen LogP contribution in [0.3, 0.4) is 0 Å². The third kappa shape index (κ3) is 4.03. The Morgan fingerprint density at radius 3 is 2.67 bits per heavy atom. The first-order chi connectivity index (χ1) is 12.8. The number of hydrogen-bond donors (Lipinski definition) is 2. The predicted octanol–water partition coefficient (Wildman–Crippen LogP) is 1.40. The van der Waals surface area contributed by atoms with E-state index in [0.717, 1.165) is 31.4 Å². The average molecular weight is 375 g/mol. The Kier molecular flexibility index (Phi) is 5.60. The highest BCUT2D eigenvalue weighted by Crippen LogP contribution is 2.35. The molecule has 1 aromatic carbocycles. The first-order valence-electron chi connectivity index (χ1n) is 9.48. The zero-order chi connectivity index (χ0) is 19.6. The molecule has 1 atom stereocenters. The van der Waals surface area contributed by atoms with Crippen molar-refractivity contribution >= 4 is 17.5 Å². The fourth-order valence-electron chi connectivity index (χ4n) is 3.93. The van der Waals surface area contributed by atoms with Gasteiger partial charge in [-0.1, -0.05) is 12.8 Å². The number of benzene rings is 1. The zero-order valence-electron chi connectivity index (χ0n) is 16.3. The summed E-state index contributed by atoms with van der Waals surface area (Å²) >= 11 is 0. The van der Waals surface area contributed by atoms with Crippen molar-refractivity contribution in [3.8, 4) is 5.75 Å². The van der Waals surface area contributed by atoms with Crippen molar-refractivity contribution in [3.63, 3.8) is 0 Å². The number of nitrogens with one attached hydrogen (secondary N) is 1. The molecule has 0 radical (unpaired) electrons. The summed E-state index contributed by atoms with van der Waals surface area (Å²) in [6.07, 6.45) is 3.99. The number of nitrogens with zero attached hydrogens (tertiary/aromatic N) is 2. The number of fused-ring (bicyclic) bond motifs is 1. The van der Waals surface area contributed by atoms with Gasteiger partial charge in [-0.3, -0.25) is 9.59 Å². The number of rotatable bonds is 5. The molecule has 2 N–H and O–H groups in total. The van der Waals surface area contributed by atoms with Crippen LogP contribution in [0.4, 0.5) is 5.69 Å². The summed E-state index contributed by atoms with van der Waals surface area (Å²) in [4.78, 5) is 28.4. The van der Waals surface area contributed by atoms with Gasteiger partial charge in [0.05, 0.1) is 30.3 Å². The van der Waals surface area contributed by atoms with Crippen molar-refractivity contribution in [2.24, 2.45) is 0 Å². The van der Waals surface area contributed by atoms with Gasteiger partial charge in [0.15, 0.2) is 0 Å². The van der Waals surface area contributed by atoms with E-state index in [0.29, 0.717) is 17.9 Å². The van der Waals surface area contributed by atoms with Gasteiger partial charge in [-0.15, -0.1) is 0 Å². The van der Waals surface area contributed by atoms with Crippen molar-refractivity contribution in [2.45, 2.75) is 43.7 Å². The molecule has 3 rings (SSSR count). The van der Waals surface area contributed by atoms with E-state index < -0.39 is 5.54 Å². The van der Waals surface area contributed by atoms with Gasteiger partial charge in [-0.25, -0.2) is 0 Å². The molecule has 1 heterocycles. The van der Waals surface area contributed by atoms with Crippen LogP contribution in [0.1, 0.15) is 42.5 Å². The number of aliphatic hydroxyl groups excluding tert-OH is 1. The number of hydrogen-bond acceptors (Lipinski definition) is 5. The maximum Gasteiger partial charge on any atom is 0.253 e. The van der Waals surface area contributed by atoms with Gasteiger partial charge in [-0.2, -0.15) is 0 Å². The van der Waals surface area contributed by atoms with E-state index in [1.807, 2.05) is 18.0 Å². The second kappa shape index (κ2) is 7.76. The Bertz CT molecular complexity index is 713. The van der Waals surface area contributed by atoms with Gasteiger partial charge in [0.2, 0.25) is 5.91 Å². The van der Waals surface area contributed by atoms with Gasteiger partial charge in [0.25, 0.3) is 5.91 Å². The molecule has 1 aromatic rings. The standard InChI is InChI=1S/C20H29N3O4/c1-22(2)19(26)14-6-7-17-16(10-14)23(3)15(12-27-17)11-18(25)21-20(13-24)8-4-5-9-20/h6-7,10,15,24H,4-5,8-9,11-13H2,1-3H3,(H,21,25). The minimum Gasteiger partial charge on any atom is -0.489 e.